The van der Waals surface area contributed by atoms with Crippen molar-refractivity contribution >= 4 is 12.6 Å². The molecule has 0 aliphatic carbocycles. The molecule has 2 rings (SSSR count). The zero-order valence-corrected chi connectivity index (χ0v) is 7.88. The lowest BCUT2D eigenvalue weighted by Gasteiger charge is -2.02. The number of rotatable bonds is 0. The van der Waals surface area contributed by atoms with E-state index in [1.54, 1.807) is 0 Å². The minimum Gasteiger partial charge on any atom is -0.245 e. The smallest absolute Gasteiger partial charge is 0.244 e. The van der Waals surface area contributed by atoms with Gasteiger partial charge in [-0.2, -0.15) is 5.26 Å². The topological polar surface area (TPSA) is 48.5 Å². The maximum Gasteiger partial charge on any atom is 0.244 e. The van der Waals surface area contributed by atoms with Gasteiger partial charge in [0.15, 0.2) is 0 Å². The number of hydrogen-bond acceptors (Lipinski definition) is 3. The van der Waals surface area contributed by atoms with E-state index < -0.39 is 5.54 Å². The number of benzene rings is 1. The lowest BCUT2D eigenvalue weighted by atomic mass is 10.1. The molecule has 3 nitrogen and oxygen atoms in total. The molecule has 0 bridgehead atoms. The van der Waals surface area contributed by atoms with Crippen molar-refractivity contribution in [2.75, 3.05) is 0 Å². The third-order valence-corrected chi connectivity index (χ3v) is 1.93. The van der Waals surface area contributed by atoms with Crippen LogP contribution < -0.4 is 0 Å². The first-order chi connectivity index (χ1) is 7.35. The molecular formula is C12H7N3. The van der Waals surface area contributed by atoms with Gasteiger partial charge in [-0.1, -0.05) is 24.1 Å². The van der Waals surface area contributed by atoms with Crippen molar-refractivity contribution in [2.45, 2.75) is 5.54 Å². The molecule has 0 saturated carbocycles. The van der Waals surface area contributed by atoms with E-state index in [0.29, 0.717) is 0 Å². The van der Waals surface area contributed by atoms with Gasteiger partial charge in [0, 0.05) is 5.56 Å². The van der Waals surface area contributed by atoms with Crippen LogP contribution in [-0.2, 0) is 0 Å². The van der Waals surface area contributed by atoms with Gasteiger partial charge in [0.05, 0.1) is 6.21 Å². The molecule has 0 amide bonds. The quantitative estimate of drug-likeness (QED) is 0.575. The summed E-state index contributed by atoms with van der Waals surface area (Å²) in [6.45, 7) is 0. The summed E-state index contributed by atoms with van der Waals surface area (Å²) in [5.74, 6) is 5.70. The Hall–Kier alpha value is -2.39. The van der Waals surface area contributed by atoms with Crippen molar-refractivity contribution in [3.05, 3.63) is 35.9 Å². The number of nitriles is 1. The van der Waals surface area contributed by atoms with Gasteiger partial charge in [-0.3, -0.25) is 0 Å². The molecule has 0 aromatic heterocycles. The highest BCUT2D eigenvalue weighted by Crippen LogP contribution is 2.09. The van der Waals surface area contributed by atoms with Crippen LogP contribution in [0.4, 0.5) is 0 Å². The third-order valence-electron chi connectivity index (χ3n) is 1.93. The van der Waals surface area contributed by atoms with Crippen molar-refractivity contribution in [3.8, 4) is 17.9 Å². The van der Waals surface area contributed by atoms with Crippen LogP contribution in [0.1, 0.15) is 5.56 Å². The van der Waals surface area contributed by atoms with E-state index in [0.717, 1.165) is 5.56 Å². The second-order valence-corrected chi connectivity index (χ2v) is 3.02. The summed E-state index contributed by atoms with van der Waals surface area (Å²) in [7, 11) is 0. The van der Waals surface area contributed by atoms with Gasteiger partial charge in [-0.15, -0.1) is 0 Å². The molecule has 1 heterocycles. The van der Waals surface area contributed by atoms with Crippen LogP contribution in [0.5, 0.6) is 0 Å². The Kier molecular flexibility index (Phi) is 2.31. The van der Waals surface area contributed by atoms with Gasteiger partial charge in [0.25, 0.3) is 0 Å². The molecule has 1 unspecified atom stereocenters. The minimum absolute atomic E-state index is 0.864. The Morgan fingerprint density at radius 3 is 2.60 bits per heavy atom. The third kappa shape index (κ3) is 1.92. The molecule has 15 heavy (non-hydrogen) atoms. The summed E-state index contributed by atoms with van der Waals surface area (Å²) in [6, 6.07) is 11.5. The summed E-state index contributed by atoms with van der Waals surface area (Å²) in [4.78, 5) is 7.70. The highest BCUT2D eigenvalue weighted by Gasteiger charge is 2.25. The van der Waals surface area contributed by atoms with E-state index in [2.05, 4.69) is 21.8 Å². The summed E-state index contributed by atoms with van der Waals surface area (Å²) >= 11 is 0. The van der Waals surface area contributed by atoms with Gasteiger partial charge >= 0.3 is 0 Å². The zero-order valence-electron chi connectivity index (χ0n) is 7.88. The number of hydrogen-bond donors (Lipinski definition) is 0. The standard InChI is InChI=1S/C12H7N3/c13-8-12(9-14-10-15-12)7-6-11-4-2-1-3-5-11/h1-5,9-10H. The monoisotopic (exact) mass is 193 g/mol. The molecule has 1 aromatic rings. The van der Waals surface area contributed by atoms with Crippen LogP contribution >= 0.6 is 0 Å². The zero-order chi connectivity index (χ0) is 10.6. The van der Waals surface area contributed by atoms with Crippen LogP contribution in [0, 0.1) is 23.2 Å². The van der Waals surface area contributed by atoms with Gasteiger partial charge < -0.3 is 0 Å². The van der Waals surface area contributed by atoms with Crippen LogP contribution in [0.25, 0.3) is 0 Å². The summed E-state index contributed by atoms with van der Waals surface area (Å²) in [6.07, 6.45) is 2.80. The maximum atomic E-state index is 8.94. The Morgan fingerprint density at radius 1 is 1.20 bits per heavy atom. The highest BCUT2D eigenvalue weighted by atomic mass is 15.0. The lowest BCUT2D eigenvalue weighted by Crippen LogP contribution is -2.20. The van der Waals surface area contributed by atoms with Gasteiger partial charge in [0.2, 0.25) is 5.54 Å². The first-order valence-electron chi connectivity index (χ1n) is 4.42. The SMILES string of the molecule is N#CC1(C#Cc2ccccc2)C=NC=N1. The first-order valence-corrected chi connectivity index (χ1v) is 4.42. The molecule has 0 radical (unpaired) electrons. The maximum absolute atomic E-state index is 8.94. The fourth-order valence-electron chi connectivity index (χ4n) is 1.14. The van der Waals surface area contributed by atoms with E-state index in [-0.39, 0.29) is 0 Å². The van der Waals surface area contributed by atoms with Crippen molar-refractivity contribution < 1.29 is 0 Å². The summed E-state index contributed by atoms with van der Waals surface area (Å²) in [5, 5.41) is 8.94. The van der Waals surface area contributed by atoms with E-state index in [1.165, 1.54) is 12.6 Å². The Bertz CT molecular complexity index is 497. The summed E-state index contributed by atoms with van der Waals surface area (Å²) in [5.41, 5.74) is -0.224. The highest BCUT2D eigenvalue weighted by molar-refractivity contribution is 5.92. The van der Waals surface area contributed by atoms with Crippen LogP contribution in [0.2, 0.25) is 0 Å². The van der Waals surface area contributed by atoms with Gasteiger partial charge in [0.1, 0.15) is 12.4 Å². The average molecular weight is 193 g/mol. The van der Waals surface area contributed by atoms with Gasteiger partial charge in [-0.25, -0.2) is 9.98 Å². The molecule has 0 saturated heterocycles. The molecule has 1 aromatic carbocycles. The first kappa shape index (κ1) is 9.18. The molecule has 1 aliphatic rings. The van der Waals surface area contributed by atoms with E-state index in [1.807, 2.05) is 36.4 Å². The molecule has 3 heteroatoms. The van der Waals surface area contributed by atoms with Crippen LogP contribution in [0.15, 0.2) is 40.3 Å². The lowest BCUT2D eigenvalue weighted by molar-refractivity contribution is 0.970. The summed E-state index contributed by atoms with van der Waals surface area (Å²) < 4.78 is 0. The Balaban J connectivity index is 2.30. The van der Waals surface area contributed by atoms with E-state index >= 15 is 0 Å². The van der Waals surface area contributed by atoms with Crippen molar-refractivity contribution in [1.29, 1.82) is 5.26 Å². The van der Waals surface area contributed by atoms with Crippen molar-refractivity contribution in [1.82, 2.24) is 0 Å². The molecular weight excluding hydrogens is 186 g/mol. The predicted octanol–water partition coefficient (Wildman–Crippen LogP) is 1.41. The number of nitrogens with zero attached hydrogens (tertiary/aromatic N) is 3. The minimum atomic E-state index is -1.09. The largest absolute Gasteiger partial charge is 0.245 e. The fraction of sp³-hybridized carbons (Fsp3) is 0.0833. The molecule has 1 atom stereocenters. The Morgan fingerprint density at radius 2 is 2.00 bits per heavy atom. The van der Waals surface area contributed by atoms with Crippen molar-refractivity contribution in [2.24, 2.45) is 9.98 Å². The van der Waals surface area contributed by atoms with Crippen LogP contribution in [-0.4, -0.2) is 18.1 Å². The van der Waals surface area contributed by atoms with E-state index in [4.69, 9.17) is 5.26 Å². The average Bonchev–Trinajstić information content (AvgIpc) is 2.77. The molecule has 70 valence electrons. The fourth-order valence-corrected chi connectivity index (χ4v) is 1.14. The Labute approximate surface area is 87.8 Å². The van der Waals surface area contributed by atoms with Crippen molar-refractivity contribution in [3.63, 3.8) is 0 Å². The van der Waals surface area contributed by atoms with Crippen LogP contribution in [0.3, 0.4) is 0 Å². The predicted molar refractivity (Wildman–Crippen MR) is 58.6 cm³/mol. The molecule has 1 aliphatic heterocycles. The molecule has 0 N–H and O–H groups in total. The van der Waals surface area contributed by atoms with E-state index in [9.17, 15) is 0 Å². The molecule has 0 spiro atoms. The van der Waals surface area contributed by atoms with Gasteiger partial charge in [-0.05, 0) is 18.1 Å². The molecule has 0 fully saturated rings. The second kappa shape index (κ2) is 3.77. The number of aliphatic imine (C=N–C) groups is 2. The normalized spacial score (nSPS) is 21.8. The second-order valence-electron chi connectivity index (χ2n) is 3.02.